The standard InChI is InChI=1S/C15H30N2O/c1-3-15(18)12-9-14(11-17(2)10-12)16-13-7-5-4-6-8-13/h12-16,18H,3-11H2,1-2H3. The number of likely N-dealkylation sites (tertiary alicyclic amines) is 1. The first-order chi connectivity index (χ1) is 8.69. The molecule has 1 aliphatic heterocycles. The van der Waals surface area contributed by atoms with E-state index < -0.39 is 0 Å². The van der Waals surface area contributed by atoms with Gasteiger partial charge in [0.1, 0.15) is 0 Å². The number of rotatable bonds is 4. The second-order valence-corrected chi connectivity index (χ2v) is 6.39. The highest BCUT2D eigenvalue weighted by Crippen LogP contribution is 2.24. The lowest BCUT2D eigenvalue weighted by Crippen LogP contribution is -2.53. The number of hydrogen-bond donors (Lipinski definition) is 2. The van der Waals surface area contributed by atoms with E-state index in [1.54, 1.807) is 0 Å². The molecule has 0 radical (unpaired) electrons. The van der Waals surface area contributed by atoms with Crippen molar-refractivity contribution in [2.45, 2.75) is 70.1 Å². The van der Waals surface area contributed by atoms with Crippen LogP contribution >= 0.6 is 0 Å². The largest absolute Gasteiger partial charge is 0.393 e. The van der Waals surface area contributed by atoms with Gasteiger partial charge in [-0.25, -0.2) is 0 Å². The van der Waals surface area contributed by atoms with Crippen molar-refractivity contribution < 1.29 is 5.11 Å². The molecule has 1 saturated heterocycles. The van der Waals surface area contributed by atoms with Crippen molar-refractivity contribution in [1.29, 1.82) is 0 Å². The molecule has 3 atom stereocenters. The maximum absolute atomic E-state index is 10.1. The zero-order chi connectivity index (χ0) is 13.0. The predicted molar refractivity (Wildman–Crippen MR) is 75.7 cm³/mol. The number of aliphatic hydroxyl groups excluding tert-OH is 1. The van der Waals surface area contributed by atoms with Gasteiger partial charge in [0.2, 0.25) is 0 Å². The van der Waals surface area contributed by atoms with E-state index in [4.69, 9.17) is 0 Å². The van der Waals surface area contributed by atoms with Crippen molar-refractivity contribution in [2.75, 3.05) is 20.1 Å². The van der Waals surface area contributed by atoms with Crippen LogP contribution in [0.4, 0.5) is 0 Å². The summed E-state index contributed by atoms with van der Waals surface area (Å²) >= 11 is 0. The molecule has 0 aromatic carbocycles. The summed E-state index contributed by atoms with van der Waals surface area (Å²) < 4.78 is 0. The number of likely N-dealkylation sites (N-methyl/N-ethyl adjacent to an activating group) is 1. The molecule has 0 aromatic rings. The van der Waals surface area contributed by atoms with E-state index in [2.05, 4.69) is 24.2 Å². The van der Waals surface area contributed by atoms with Crippen LogP contribution in [0.5, 0.6) is 0 Å². The van der Waals surface area contributed by atoms with Crippen LogP contribution in [0.2, 0.25) is 0 Å². The van der Waals surface area contributed by atoms with E-state index in [9.17, 15) is 5.11 Å². The van der Waals surface area contributed by atoms with Gasteiger partial charge in [0.05, 0.1) is 6.10 Å². The fourth-order valence-corrected chi connectivity index (χ4v) is 3.70. The molecule has 106 valence electrons. The Labute approximate surface area is 112 Å². The van der Waals surface area contributed by atoms with Crippen LogP contribution in [0.3, 0.4) is 0 Å². The molecule has 0 aromatic heterocycles. The van der Waals surface area contributed by atoms with E-state index in [1.165, 1.54) is 32.1 Å². The molecule has 0 bridgehead atoms. The second-order valence-electron chi connectivity index (χ2n) is 6.39. The van der Waals surface area contributed by atoms with Gasteiger partial charge < -0.3 is 15.3 Å². The first kappa shape index (κ1) is 14.3. The average Bonchev–Trinajstić information content (AvgIpc) is 2.38. The third kappa shape index (κ3) is 3.94. The van der Waals surface area contributed by atoms with Crippen molar-refractivity contribution in [2.24, 2.45) is 5.92 Å². The predicted octanol–water partition coefficient (Wildman–Crippen LogP) is 2.00. The third-order valence-corrected chi connectivity index (χ3v) is 4.70. The first-order valence-corrected chi connectivity index (χ1v) is 7.81. The molecule has 1 heterocycles. The summed E-state index contributed by atoms with van der Waals surface area (Å²) in [7, 11) is 2.18. The van der Waals surface area contributed by atoms with Crippen molar-refractivity contribution in [3.05, 3.63) is 0 Å². The first-order valence-electron chi connectivity index (χ1n) is 7.81. The van der Waals surface area contributed by atoms with Crippen LogP contribution in [0.1, 0.15) is 51.9 Å². The van der Waals surface area contributed by atoms with Crippen molar-refractivity contribution in [3.63, 3.8) is 0 Å². The highest BCUT2D eigenvalue weighted by Gasteiger charge is 2.30. The lowest BCUT2D eigenvalue weighted by atomic mass is 9.87. The van der Waals surface area contributed by atoms with Gasteiger partial charge in [-0.1, -0.05) is 26.2 Å². The van der Waals surface area contributed by atoms with Gasteiger partial charge in [0.15, 0.2) is 0 Å². The smallest absolute Gasteiger partial charge is 0.0578 e. The summed E-state index contributed by atoms with van der Waals surface area (Å²) in [5.41, 5.74) is 0. The minimum atomic E-state index is -0.122. The molecule has 2 fully saturated rings. The zero-order valence-corrected chi connectivity index (χ0v) is 12.1. The SMILES string of the molecule is CCC(O)C1CC(NC2CCCCC2)CN(C)C1. The molecule has 1 saturated carbocycles. The minimum Gasteiger partial charge on any atom is -0.393 e. The summed E-state index contributed by atoms with van der Waals surface area (Å²) in [6, 6.07) is 1.31. The Morgan fingerprint density at radius 2 is 1.89 bits per heavy atom. The van der Waals surface area contributed by atoms with E-state index in [1.807, 2.05) is 0 Å². The average molecular weight is 254 g/mol. The molecule has 18 heavy (non-hydrogen) atoms. The van der Waals surface area contributed by atoms with Gasteiger partial charge in [-0.3, -0.25) is 0 Å². The van der Waals surface area contributed by atoms with E-state index in [-0.39, 0.29) is 6.10 Å². The molecule has 3 unspecified atom stereocenters. The fraction of sp³-hybridized carbons (Fsp3) is 1.00. The maximum Gasteiger partial charge on any atom is 0.0578 e. The number of hydrogen-bond acceptors (Lipinski definition) is 3. The van der Waals surface area contributed by atoms with E-state index >= 15 is 0 Å². The summed E-state index contributed by atoms with van der Waals surface area (Å²) in [4.78, 5) is 2.38. The highest BCUT2D eigenvalue weighted by molar-refractivity contribution is 4.87. The molecule has 3 nitrogen and oxygen atoms in total. The van der Waals surface area contributed by atoms with Crippen LogP contribution in [0.15, 0.2) is 0 Å². The third-order valence-electron chi connectivity index (χ3n) is 4.70. The van der Waals surface area contributed by atoms with E-state index in [0.717, 1.165) is 32.0 Å². The minimum absolute atomic E-state index is 0.122. The van der Waals surface area contributed by atoms with Crippen molar-refractivity contribution in [3.8, 4) is 0 Å². The summed E-state index contributed by atoms with van der Waals surface area (Å²) in [5, 5.41) is 13.9. The number of piperidine rings is 1. The molecule has 2 aliphatic rings. The van der Waals surface area contributed by atoms with Crippen LogP contribution in [-0.4, -0.2) is 48.3 Å². The monoisotopic (exact) mass is 254 g/mol. The molecular formula is C15H30N2O. The van der Waals surface area contributed by atoms with Crippen LogP contribution < -0.4 is 5.32 Å². The van der Waals surface area contributed by atoms with Gasteiger partial charge >= 0.3 is 0 Å². The number of aliphatic hydroxyl groups is 1. The Hall–Kier alpha value is -0.120. The summed E-state index contributed by atoms with van der Waals surface area (Å²) in [6.45, 7) is 4.28. The Morgan fingerprint density at radius 3 is 2.56 bits per heavy atom. The highest BCUT2D eigenvalue weighted by atomic mass is 16.3. The second kappa shape index (κ2) is 6.88. The quantitative estimate of drug-likeness (QED) is 0.805. The molecular weight excluding hydrogens is 224 g/mol. The summed E-state index contributed by atoms with van der Waals surface area (Å²) in [6.07, 6.45) is 8.80. The normalized spacial score (nSPS) is 33.5. The van der Waals surface area contributed by atoms with Gasteiger partial charge in [-0.2, -0.15) is 0 Å². The number of nitrogens with one attached hydrogen (secondary N) is 1. The molecule has 1 aliphatic carbocycles. The Bertz CT molecular complexity index is 239. The molecule has 2 N–H and O–H groups in total. The topological polar surface area (TPSA) is 35.5 Å². The van der Waals surface area contributed by atoms with Gasteiger partial charge in [0, 0.05) is 25.2 Å². The zero-order valence-electron chi connectivity index (χ0n) is 12.1. The lowest BCUT2D eigenvalue weighted by molar-refractivity contribution is 0.0416. The molecule has 0 spiro atoms. The van der Waals surface area contributed by atoms with Crippen molar-refractivity contribution >= 4 is 0 Å². The van der Waals surface area contributed by atoms with Gasteiger partial charge in [0.25, 0.3) is 0 Å². The van der Waals surface area contributed by atoms with Crippen LogP contribution in [0, 0.1) is 5.92 Å². The fourth-order valence-electron chi connectivity index (χ4n) is 3.70. The molecule has 3 heteroatoms. The van der Waals surface area contributed by atoms with Crippen molar-refractivity contribution in [1.82, 2.24) is 10.2 Å². The maximum atomic E-state index is 10.1. The van der Waals surface area contributed by atoms with Gasteiger partial charge in [-0.15, -0.1) is 0 Å². The lowest BCUT2D eigenvalue weighted by Gasteiger charge is -2.40. The Morgan fingerprint density at radius 1 is 1.17 bits per heavy atom. The van der Waals surface area contributed by atoms with Gasteiger partial charge in [-0.05, 0) is 38.6 Å². The molecule has 2 rings (SSSR count). The van der Waals surface area contributed by atoms with E-state index in [0.29, 0.717) is 12.0 Å². The number of nitrogens with zero attached hydrogens (tertiary/aromatic N) is 1. The Kier molecular flexibility index (Phi) is 5.46. The summed E-state index contributed by atoms with van der Waals surface area (Å²) in [5.74, 6) is 0.454. The molecule has 0 amide bonds. The van der Waals surface area contributed by atoms with Crippen LogP contribution in [0.25, 0.3) is 0 Å². The Balaban J connectivity index is 1.83. The van der Waals surface area contributed by atoms with Crippen LogP contribution in [-0.2, 0) is 0 Å².